The van der Waals surface area contributed by atoms with Crippen LogP contribution in [0, 0.1) is 11.3 Å². The van der Waals surface area contributed by atoms with Crippen molar-refractivity contribution in [2.45, 2.75) is 19.3 Å². The average Bonchev–Trinajstić information content (AvgIpc) is 2.91. The van der Waals surface area contributed by atoms with Crippen LogP contribution in [-0.2, 0) is 9.53 Å². The van der Waals surface area contributed by atoms with E-state index in [2.05, 4.69) is 15.3 Å². The number of nitrogens with zero attached hydrogens (tertiary/aromatic N) is 2. The first-order valence-electron chi connectivity index (χ1n) is 6.93. The van der Waals surface area contributed by atoms with Crippen molar-refractivity contribution in [3.05, 3.63) is 30.1 Å². The van der Waals surface area contributed by atoms with Crippen LogP contribution in [0.15, 0.2) is 24.3 Å². The van der Waals surface area contributed by atoms with Crippen LogP contribution in [0.1, 0.15) is 25.1 Å². The highest BCUT2D eigenvalue weighted by molar-refractivity contribution is 5.89. The molecule has 0 aliphatic heterocycles. The smallest absolute Gasteiger partial charge is 0.407 e. The largest absolute Gasteiger partial charge is 0.450 e. The SMILES string of the molecule is CCOC(=O)NCCC(=O)[C@@H](C#N)c1nc2ccccc2[nH]1. The number of benzene rings is 1. The summed E-state index contributed by atoms with van der Waals surface area (Å²) in [6.07, 6.45) is -0.541. The number of imidazole rings is 1. The number of ether oxygens (including phenoxy) is 1. The van der Waals surface area contributed by atoms with Gasteiger partial charge in [-0.1, -0.05) is 12.1 Å². The van der Waals surface area contributed by atoms with Crippen LogP contribution in [0.25, 0.3) is 11.0 Å². The molecule has 0 aliphatic rings. The van der Waals surface area contributed by atoms with E-state index in [1.807, 2.05) is 24.3 Å². The Hall–Kier alpha value is -2.88. The van der Waals surface area contributed by atoms with Gasteiger partial charge in [0.15, 0.2) is 11.7 Å². The molecule has 0 bridgehead atoms. The molecule has 0 spiro atoms. The van der Waals surface area contributed by atoms with Gasteiger partial charge in [0.2, 0.25) is 0 Å². The summed E-state index contributed by atoms with van der Waals surface area (Å²) in [5.41, 5.74) is 1.48. The van der Waals surface area contributed by atoms with Crippen molar-refractivity contribution in [1.82, 2.24) is 15.3 Å². The third-order valence-electron chi connectivity index (χ3n) is 3.05. The standard InChI is InChI=1S/C15H16N4O3/c1-2-22-15(21)17-8-7-13(20)10(9-16)14-18-11-5-3-4-6-12(11)19-14/h3-6,10H,2,7-8H2,1H3,(H,17,21)(H,18,19)/t10-/m1/s1. The fourth-order valence-electron chi connectivity index (χ4n) is 2.01. The van der Waals surface area contributed by atoms with E-state index in [1.165, 1.54) is 0 Å². The van der Waals surface area contributed by atoms with Crippen molar-refractivity contribution in [3.63, 3.8) is 0 Å². The van der Waals surface area contributed by atoms with E-state index < -0.39 is 12.0 Å². The van der Waals surface area contributed by atoms with Crippen LogP contribution >= 0.6 is 0 Å². The first-order chi connectivity index (χ1) is 10.7. The molecule has 22 heavy (non-hydrogen) atoms. The molecule has 7 nitrogen and oxygen atoms in total. The number of hydrogen-bond acceptors (Lipinski definition) is 5. The Morgan fingerprint density at radius 3 is 2.91 bits per heavy atom. The monoisotopic (exact) mass is 300 g/mol. The molecule has 0 fully saturated rings. The number of nitriles is 1. The molecule has 1 aromatic heterocycles. The number of rotatable bonds is 6. The van der Waals surface area contributed by atoms with E-state index in [9.17, 15) is 14.9 Å². The number of fused-ring (bicyclic) bond motifs is 1. The predicted octanol–water partition coefficient (Wildman–Crippen LogP) is 1.88. The number of H-pyrrole nitrogens is 1. The van der Waals surface area contributed by atoms with Gasteiger partial charge >= 0.3 is 6.09 Å². The minimum atomic E-state index is -0.976. The van der Waals surface area contributed by atoms with Gasteiger partial charge in [0, 0.05) is 13.0 Å². The number of carbonyl (C=O) groups is 2. The topological polar surface area (TPSA) is 108 Å². The van der Waals surface area contributed by atoms with Gasteiger partial charge in [0.1, 0.15) is 5.82 Å². The molecular formula is C15H16N4O3. The summed E-state index contributed by atoms with van der Waals surface area (Å²) >= 11 is 0. The Bertz CT molecular complexity index is 684. The molecule has 1 aromatic carbocycles. The summed E-state index contributed by atoms with van der Waals surface area (Å²) in [6, 6.07) is 9.26. The van der Waals surface area contributed by atoms with Crippen LogP contribution < -0.4 is 5.32 Å². The summed E-state index contributed by atoms with van der Waals surface area (Å²) in [5, 5.41) is 11.7. The number of alkyl carbamates (subject to hydrolysis) is 1. The van der Waals surface area contributed by atoms with Crippen molar-refractivity contribution in [3.8, 4) is 6.07 Å². The van der Waals surface area contributed by atoms with Crippen molar-refractivity contribution < 1.29 is 14.3 Å². The quantitative estimate of drug-likeness (QED) is 0.846. The van der Waals surface area contributed by atoms with Crippen LogP contribution in [0.4, 0.5) is 4.79 Å². The Morgan fingerprint density at radius 2 is 2.23 bits per heavy atom. The van der Waals surface area contributed by atoms with Gasteiger partial charge in [-0.15, -0.1) is 0 Å². The van der Waals surface area contributed by atoms with E-state index >= 15 is 0 Å². The molecule has 1 heterocycles. The number of para-hydroxylation sites is 2. The van der Waals surface area contributed by atoms with Gasteiger partial charge < -0.3 is 15.0 Å². The second kappa shape index (κ2) is 7.22. The Morgan fingerprint density at radius 1 is 1.45 bits per heavy atom. The average molecular weight is 300 g/mol. The van der Waals surface area contributed by atoms with E-state index in [1.54, 1.807) is 13.0 Å². The third-order valence-corrected chi connectivity index (χ3v) is 3.05. The highest BCUT2D eigenvalue weighted by Gasteiger charge is 2.23. The summed E-state index contributed by atoms with van der Waals surface area (Å²) in [5.74, 6) is -0.959. The number of aromatic nitrogens is 2. The molecule has 0 radical (unpaired) electrons. The number of hydrogen-bond donors (Lipinski definition) is 2. The number of ketones is 1. The maximum atomic E-state index is 12.1. The molecule has 1 atom stereocenters. The van der Waals surface area contributed by atoms with Gasteiger partial charge in [0.25, 0.3) is 0 Å². The van der Waals surface area contributed by atoms with Gasteiger partial charge in [-0.05, 0) is 19.1 Å². The molecular weight excluding hydrogens is 284 g/mol. The molecule has 2 rings (SSSR count). The lowest BCUT2D eigenvalue weighted by molar-refractivity contribution is -0.119. The maximum Gasteiger partial charge on any atom is 0.407 e. The maximum absolute atomic E-state index is 12.1. The Balaban J connectivity index is 2.00. The van der Waals surface area contributed by atoms with E-state index in [4.69, 9.17) is 4.74 Å². The zero-order chi connectivity index (χ0) is 15.9. The van der Waals surface area contributed by atoms with Crippen LogP contribution in [-0.4, -0.2) is 35.0 Å². The molecule has 1 amide bonds. The second-order valence-electron chi connectivity index (χ2n) is 4.56. The number of carbonyl (C=O) groups excluding carboxylic acids is 2. The molecule has 0 saturated heterocycles. The number of amides is 1. The minimum Gasteiger partial charge on any atom is -0.450 e. The molecule has 2 aromatic rings. The zero-order valence-corrected chi connectivity index (χ0v) is 12.1. The van der Waals surface area contributed by atoms with Gasteiger partial charge in [-0.2, -0.15) is 5.26 Å². The fourth-order valence-corrected chi connectivity index (χ4v) is 2.01. The molecule has 114 valence electrons. The predicted molar refractivity (Wildman–Crippen MR) is 79.1 cm³/mol. The van der Waals surface area contributed by atoms with Crippen LogP contribution in [0.3, 0.4) is 0 Å². The van der Waals surface area contributed by atoms with Gasteiger partial charge in [0.05, 0.1) is 23.7 Å². The Kier molecular flexibility index (Phi) is 5.09. The van der Waals surface area contributed by atoms with Crippen molar-refractivity contribution in [2.75, 3.05) is 13.2 Å². The number of aromatic amines is 1. The van der Waals surface area contributed by atoms with Crippen LogP contribution in [0.2, 0.25) is 0 Å². The van der Waals surface area contributed by atoms with E-state index in [0.29, 0.717) is 11.3 Å². The van der Waals surface area contributed by atoms with Crippen LogP contribution in [0.5, 0.6) is 0 Å². The lowest BCUT2D eigenvalue weighted by Gasteiger charge is -2.07. The molecule has 0 aliphatic carbocycles. The summed E-state index contributed by atoms with van der Waals surface area (Å²) in [4.78, 5) is 30.5. The first-order valence-corrected chi connectivity index (χ1v) is 6.93. The summed E-state index contributed by atoms with van der Waals surface area (Å²) in [7, 11) is 0. The van der Waals surface area contributed by atoms with Gasteiger partial charge in [-0.25, -0.2) is 9.78 Å². The lowest BCUT2D eigenvalue weighted by atomic mass is 10.0. The zero-order valence-electron chi connectivity index (χ0n) is 12.1. The molecule has 7 heteroatoms. The second-order valence-corrected chi connectivity index (χ2v) is 4.56. The molecule has 0 unspecified atom stereocenters. The van der Waals surface area contributed by atoms with Crippen molar-refractivity contribution >= 4 is 22.9 Å². The van der Waals surface area contributed by atoms with Crippen molar-refractivity contribution in [2.24, 2.45) is 0 Å². The van der Waals surface area contributed by atoms with Gasteiger partial charge in [-0.3, -0.25) is 4.79 Å². The number of Topliss-reactive ketones (excluding diaryl/α,β-unsaturated/α-hetero) is 1. The summed E-state index contributed by atoms with van der Waals surface area (Å²) in [6.45, 7) is 2.08. The Labute approximate surface area is 127 Å². The fraction of sp³-hybridized carbons (Fsp3) is 0.333. The lowest BCUT2D eigenvalue weighted by Crippen LogP contribution is -2.28. The first kappa shape index (κ1) is 15.5. The minimum absolute atomic E-state index is 0.0358. The van der Waals surface area contributed by atoms with E-state index in [0.717, 1.165) is 5.52 Å². The molecule has 2 N–H and O–H groups in total. The van der Waals surface area contributed by atoms with E-state index in [-0.39, 0.29) is 25.4 Å². The highest BCUT2D eigenvalue weighted by Crippen LogP contribution is 2.18. The molecule has 0 saturated carbocycles. The number of nitrogens with one attached hydrogen (secondary N) is 2. The normalized spacial score (nSPS) is 11.6. The third kappa shape index (κ3) is 3.61. The van der Waals surface area contributed by atoms with Crippen molar-refractivity contribution in [1.29, 1.82) is 5.26 Å². The highest BCUT2D eigenvalue weighted by atomic mass is 16.5. The summed E-state index contributed by atoms with van der Waals surface area (Å²) < 4.78 is 4.69.